The molecule has 0 aliphatic carbocycles. The predicted octanol–water partition coefficient (Wildman–Crippen LogP) is 5.61. The molecule has 3 aromatic carbocycles. The number of fused-ring (bicyclic) bond motifs is 1. The van der Waals surface area contributed by atoms with E-state index in [4.69, 9.17) is 23.8 Å². The molecular formula is C21H14ClIN4OS. The number of para-hydroxylation sites is 2. The van der Waals surface area contributed by atoms with E-state index in [1.165, 1.54) is 0 Å². The van der Waals surface area contributed by atoms with Crippen LogP contribution in [-0.2, 0) is 0 Å². The third kappa shape index (κ3) is 4.42. The van der Waals surface area contributed by atoms with Crippen LogP contribution in [0.15, 0.2) is 66.7 Å². The van der Waals surface area contributed by atoms with E-state index < -0.39 is 0 Å². The van der Waals surface area contributed by atoms with E-state index in [1.807, 2.05) is 48.5 Å². The van der Waals surface area contributed by atoms with Crippen LogP contribution in [0.3, 0.4) is 0 Å². The first-order chi connectivity index (χ1) is 14.0. The van der Waals surface area contributed by atoms with Crippen molar-refractivity contribution >= 4 is 74.2 Å². The molecule has 4 rings (SSSR count). The van der Waals surface area contributed by atoms with Gasteiger partial charge in [0.1, 0.15) is 5.82 Å². The Morgan fingerprint density at radius 2 is 1.83 bits per heavy atom. The number of H-pyrrole nitrogens is 1. The lowest BCUT2D eigenvalue weighted by Gasteiger charge is -2.12. The van der Waals surface area contributed by atoms with Crippen LogP contribution in [0.1, 0.15) is 10.4 Å². The molecule has 0 bridgehead atoms. The molecule has 0 aliphatic heterocycles. The van der Waals surface area contributed by atoms with E-state index in [1.54, 1.807) is 18.2 Å². The zero-order valence-electron chi connectivity index (χ0n) is 14.9. The van der Waals surface area contributed by atoms with Crippen LogP contribution < -0.4 is 10.6 Å². The van der Waals surface area contributed by atoms with Gasteiger partial charge in [0.25, 0.3) is 5.91 Å². The fraction of sp³-hybridized carbons (Fsp3) is 0. The fourth-order valence-electron chi connectivity index (χ4n) is 2.83. The van der Waals surface area contributed by atoms with Gasteiger partial charge in [0, 0.05) is 9.13 Å². The van der Waals surface area contributed by atoms with E-state index in [0.717, 1.165) is 26.0 Å². The highest BCUT2D eigenvalue weighted by Gasteiger charge is 2.13. The number of anilines is 1. The number of carbonyl (C=O) groups excluding carboxylic acids is 1. The van der Waals surface area contributed by atoms with Gasteiger partial charge in [0.05, 0.1) is 27.3 Å². The Kier molecular flexibility index (Phi) is 5.79. The second-order valence-corrected chi connectivity index (χ2v) is 8.16. The summed E-state index contributed by atoms with van der Waals surface area (Å²) in [5.41, 5.74) is 3.82. The first-order valence-corrected chi connectivity index (χ1v) is 10.5. The summed E-state index contributed by atoms with van der Waals surface area (Å²) in [5, 5.41) is 6.33. The number of amides is 1. The highest BCUT2D eigenvalue weighted by atomic mass is 127. The van der Waals surface area contributed by atoms with Crippen molar-refractivity contribution in [3.63, 3.8) is 0 Å². The van der Waals surface area contributed by atoms with Crippen LogP contribution in [0, 0.1) is 3.57 Å². The molecule has 8 heteroatoms. The molecule has 0 unspecified atom stereocenters. The largest absolute Gasteiger partial charge is 0.338 e. The number of aromatic amines is 1. The summed E-state index contributed by atoms with van der Waals surface area (Å²) >= 11 is 13.7. The topological polar surface area (TPSA) is 69.8 Å². The van der Waals surface area contributed by atoms with Gasteiger partial charge >= 0.3 is 0 Å². The van der Waals surface area contributed by atoms with E-state index in [2.05, 4.69) is 43.2 Å². The molecule has 0 fully saturated rings. The standard InChI is InChI=1S/C21H14ClIN4OS/c22-14-10-9-12(19-24-16-7-3-4-8-17(16)25-19)11-18(14)26-21(29)27-20(28)13-5-1-2-6-15(13)23/h1-11H,(H,24,25)(H2,26,27,28,29). The van der Waals surface area contributed by atoms with E-state index in [0.29, 0.717) is 16.3 Å². The normalized spacial score (nSPS) is 10.7. The minimum atomic E-state index is -0.280. The SMILES string of the molecule is O=C(NC(=S)Nc1cc(-c2nc3ccccc3[nH]2)ccc1Cl)c1ccccc1I. The Balaban J connectivity index is 1.54. The average Bonchev–Trinajstić information content (AvgIpc) is 3.14. The van der Waals surface area contributed by atoms with Gasteiger partial charge in [-0.1, -0.05) is 35.9 Å². The highest BCUT2D eigenvalue weighted by molar-refractivity contribution is 14.1. The molecule has 29 heavy (non-hydrogen) atoms. The van der Waals surface area contributed by atoms with Crippen molar-refractivity contribution in [2.24, 2.45) is 0 Å². The molecule has 1 aromatic heterocycles. The number of thiocarbonyl (C=S) groups is 1. The lowest BCUT2D eigenvalue weighted by molar-refractivity contribution is 0.0977. The van der Waals surface area contributed by atoms with Gasteiger partial charge in [-0.2, -0.15) is 0 Å². The number of halogens is 2. The number of hydrogen-bond donors (Lipinski definition) is 3. The zero-order chi connectivity index (χ0) is 20.4. The van der Waals surface area contributed by atoms with Crippen molar-refractivity contribution in [1.82, 2.24) is 15.3 Å². The van der Waals surface area contributed by atoms with Gasteiger partial charge in [0.15, 0.2) is 5.11 Å². The molecule has 4 aromatic rings. The van der Waals surface area contributed by atoms with Crippen molar-refractivity contribution < 1.29 is 4.79 Å². The Bertz CT molecular complexity index is 1210. The molecule has 0 saturated carbocycles. The van der Waals surface area contributed by atoms with E-state index in [9.17, 15) is 4.79 Å². The number of rotatable bonds is 3. The molecule has 0 atom stereocenters. The number of nitrogens with one attached hydrogen (secondary N) is 3. The molecule has 0 aliphatic rings. The van der Waals surface area contributed by atoms with Crippen LogP contribution in [0.4, 0.5) is 5.69 Å². The number of aromatic nitrogens is 2. The van der Waals surface area contributed by atoms with Gasteiger partial charge in [-0.3, -0.25) is 10.1 Å². The molecular weight excluding hydrogens is 519 g/mol. The molecule has 5 nitrogen and oxygen atoms in total. The van der Waals surface area contributed by atoms with Gasteiger partial charge in [0.2, 0.25) is 0 Å². The fourth-order valence-corrected chi connectivity index (χ4v) is 3.83. The zero-order valence-corrected chi connectivity index (χ0v) is 18.6. The number of hydrogen-bond acceptors (Lipinski definition) is 3. The van der Waals surface area contributed by atoms with Gasteiger partial charge in [-0.15, -0.1) is 0 Å². The van der Waals surface area contributed by atoms with Crippen LogP contribution in [-0.4, -0.2) is 21.0 Å². The van der Waals surface area contributed by atoms with Crippen LogP contribution in [0.2, 0.25) is 5.02 Å². The van der Waals surface area contributed by atoms with Crippen molar-refractivity contribution in [2.75, 3.05) is 5.32 Å². The molecule has 1 amide bonds. The van der Waals surface area contributed by atoms with Crippen molar-refractivity contribution in [1.29, 1.82) is 0 Å². The maximum absolute atomic E-state index is 12.4. The minimum absolute atomic E-state index is 0.165. The predicted molar refractivity (Wildman–Crippen MR) is 129 cm³/mol. The van der Waals surface area contributed by atoms with Crippen molar-refractivity contribution in [2.45, 2.75) is 0 Å². The summed E-state index contributed by atoms with van der Waals surface area (Å²) in [6.45, 7) is 0. The first-order valence-electron chi connectivity index (χ1n) is 8.63. The van der Waals surface area contributed by atoms with E-state index >= 15 is 0 Å². The Morgan fingerprint density at radius 3 is 2.62 bits per heavy atom. The third-order valence-electron chi connectivity index (χ3n) is 4.22. The maximum Gasteiger partial charge on any atom is 0.258 e. The Morgan fingerprint density at radius 1 is 1.07 bits per heavy atom. The summed E-state index contributed by atoms with van der Waals surface area (Å²) in [6.07, 6.45) is 0. The molecule has 0 radical (unpaired) electrons. The van der Waals surface area contributed by atoms with Gasteiger partial charge in [-0.05, 0) is 77.3 Å². The summed E-state index contributed by atoms with van der Waals surface area (Å²) in [7, 11) is 0. The van der Waals surface area contributed by atoms with Crippen LogP contribution in [0.5, 0.6) is 0 Å². The summed E-state index contributed by atoms with van der Waals surface area (Å²) in [6, 6.07) is 20.6. The van der Waals surface area contributed by atoms with Gasteiger partial charge in [-0.25, -0.2) is 4.98 Å². The smallest absolute Gasteiger partial charge is 0.258 e. The second kappa shape index (κ2) is 8.48. The number of nitrogens with zero attached hydrogens (tertiary/aromatic N) is 1. The van der Waals surface area contributed by atoms with Crippen molar-refractivity contribution in [3.05, 3.63) is 80.9 Å². The number of imidazole rings is 1. The lowest BCUT2D eigenvalue weighted by Crippen LogP contribution is -2.34. The lowest BCUT2D eigenvalue weighted by atomic mass is 10.2. The third-order valence-corrected chi connectivity index (χ3v) is 5.70. The average molecular weight is 533 g/mol. The maximum atomic E-state index is 12.4. The highest BCUT2D eigenvalue weighted by Crippen LogP contribution is 2.28. The molecule has 1 heterocycles. The Labute approximate surface area is 191 Å². The quantitative estimate of drug-likeness (QED) is 0.237. The summed E-state index contributed by atoms with van der Waals surface area (Å²) in [4.78, 5) is 20.3. The number of carbonyl (C=O) groups is 1. The van der Waals surface area contributed by atoms with Crippen LogP contribution in [0.25, 0.3) is 22.4 Å². The summed E-state index contributed by atoms with van der Waals surface area (Å²) < 4.78 is 0.843. The number of benzene rings is 3. The first kappa shape index (κ1) is 19.8. The summed E-state index contributed by atoms with van der Waals surface area (Å²) in [5.74, 6) is 0.441. The second-order valence-electron chi connectivity index (χ2n) is 6.19. The van der Waals surface area contributed by atoms with Gasteiger partial charge < -0.3 is 10.3 Å². The molecule has 3 N–H and O–H groups in total. The van der Waals surface area contributed by atoms with E-state index in [-0.39, 0.29) is 11.0 Å². The minimum Gasteiger partial charge on any atom is -0.338 e. The molecule has 0 saturated heterocycles. The Hall–Kier alpha value is -2.49. The molecule has 144 valence electrons. The van der Waals surface area contributed by atoms with Crippen molar-refractivity contribution in [3.8, 4) is 11.4 Å². The monoisotopic (exact) mass is 532 g/mol. The van der Waals surface area contributed by atoms with Crippen LogP contribution >= 0.6 is 46.4 Å². The molecule has 0 spiro atoms.